The largest absolute Gasteiger partial charge is 0.493 e. The third kappa shape index (κ3) is 3.91. The Morgan fingerprint density at radius 3 is 2.73 bits per heavy atom. The standard InChI is InChI=1S/C15H14F2N2O3/c1-19-9-11(8-18-19)12(20)5-3-10-4-6-13(21-2)14(7-10)22-15(16)17/h3-9,15H,1-2H3. The van der Waals surface area contributed by atoms with E-state index in [-0.39, 0.29) is 17.3 Å². The second-order valence-electron chi connectivity index (χ2n) is 4.39. The number of alkyl halides is 2. The second kappa shape index (κ2) is 6.84. The number of nitrogens with zero attached hydrogens (tertiary/aromatic N) is 2. The van der Waals surface area contributed by atoms with Crippen molar-refractivity contribution in [3.05, 3.63) is 47.8 Å². The van der Waals surface area contributed by atoms with Gasteiger partial charge in [0, 0.05) is 13.2 Å². The number of methoxy groups -OCH3 is 1. The molecule has 0 saturated carbocycles. The van der Waals surface area contributed by atoms with Gasteiger partial charge in [-0.15, -0.1) is 0 Å². The average molecular weight is 308 g/mol. The van der Waals surface area contributed by atoms with E-state index >= 15 is 0 Å². The van der Waals surface area contributed by atoms with Gasteiger partial charge in [-0.25, -0.2) is 0 Å². The molecule has 1 heterocycles. The van der Waals surface area contributed by atoms with E-state index in [9.17, 15) is 13.6 Å². The molecule has 0 atom stereocenters. The zero-order valence-electron chi connectivity index (χ0n) is 12.0. The summed E-state index contributed by atoms with van der Waals surface area (Å²) in [5, 5.41) is 3.90. The summed E-state index contributed by atoms with van der Waals surface area (Å²) < 4.78 is 35.5. The summed E-state index contributed by atoms with van der Waals surface area (Å²) in [6.07, 6.45) is 5.89. The van der Waals surface area contributed by atoms with Crippen molar-refractivity contribution in [3.8, 4) is 11.5 Å². The number of rotatable bonds is 6. The Balaban J connectivity index is 2.18. The molecule has 22 heavy (non-hydrogen) atoms. The molecule has 1 aromatic heterocycles. The first-order chi connectivity index (χ1) is 10.5. The predicted molar refractivity (Wildman–Crippen MR) is 76.2 cm³/mol. The molecule has 0 N–H and O–H groups in total. The van der Waals surface area contributed by atoms with Crippen LogP contribution in [0.4, 0.5) is 8.78 Å². The lowest BCUT2D eigenvalue weighted by atomic mass is 10.1. The van der Waals surface area contributed by atoms with Crippen molar-refractivity contribution in [2.75, 3.05) is 7.11 Å². The Bertz CT molecular complexity index is 696. The van der Waals surface area contributed by atoms with Gasteiger partial charge < -0.3 is 9.47 Å². The molecule has 1 aromatic carbocycles. The quantitative estimate of drug-likeness (QED) is 0.608. The van der Waals surface area contributed by atoms with Crippen molar-refractivity contribution < 1.29 is 23.0 Å². The normalized spacial score (nSPS) is 11.1. The van der Waals surface area contributed by atoms with Gasteiger partial charge in [-0.05, 0) is 23.8 Å². The molecule has 0 aliphatic heterocycles. The van der Waals surface area contributed by atoms with Gasteiger partial charge in [0.25, 0.3) is 0 Å². The van der Waals surface area contributed by atoms with Gasteiger partial charge in [-0.2, -0.15) is 13.9 Å². The van der Waals surface area contributed by atoms with E-state index in [0.29, 0.717) is 11.1 Å². The average Bonchev–Trinajstić information content (AvgIpc) is 2.91. The molecular formula is C15H14F2N2O3. The molecule has 0 bridgehead atoms. The number of carbonyl (C=O) groups is 1. The van der Waals surface area contributed by atoms with Crippen molar-refractivity contribution in [1.82, 2.24) is 9.78 Å². The van der Waals surface area contributed by atoms with E-state index in [1.807, 2.05) is 0 Å². The maximum atomic E-state index is 12.3. The molecule has 0 spiro atoms. The minimum atomic E-state index is -2.95. The SMILES string of the molecule is COc1ccc(C=CC(=O)c2cnn(C)c2)cc1OC(F)F. The van der Waals surface area contributed by atoms with Crippen LogP contribution < -0.4 is 9.47 Å². The van der Waals surface area contributed by atoms with Gasteiger partial charge in [0.15, 0.2) is 17.3 Å². The van der Waals surface area contributed by atoms with Crippen LogP contribution in [0.3, 0.4) is 0 Å². The summed E-state index contributed by atoms with van der Waals surface area (Å²) in [5.41, 5.74) is 0.977. The van der Waals surface area contributed by atoms with Crippen LogP contribution in [0.15, 0.2) is 36.7 Å². The van der Waals surface area contributed by atoms with E-state index in [1.54, 1.807) is 19.3 Å². The molecule has 7 heteroatoms. The van der Waals surface area contributed by atoms with Crippen LogP contribution in [0.5, 0.6) is 11.5 Å². The minimum Gasteiger partial charge on any atom is -0.493 e. The zero-order chi connectivity index (χ0) is 16.1. The number of allylic oxidation sites excluding steroid dienone is 1. The van der Waals surface area contributed by atoms with E-state index in [1.165, 1.54) is 42.3 Å². The first kappa shape index (κ1) is 15.7. The fraction of sp³-hybridized carbons (Fsp3) is 0.200. The van der Waals surface area contributed by atoms with Gasteiger partial charge in [-0.3, -0.25) is 9.48 Å². The van der Waals surface area contributed by atoms with Crippen LogP contribution in [0.25, 0.3) is 6.08 Å². The fourth-order valence-electron chi connectivity index (χ4n) is 1.80. The molecule has 5 nitrogen and oxygen atoms in total. The number of halogens is 2. The molecule has 0 amide bonds. The highest BCUT2D eigenvalue weighted by molar-refractivity contribution is 6.06. The Hall–Kier alpha value is -2.70. The van der Waals surface area contributed by atoms with E-state index in [4.69, 9.17) is 4.74 Å². The minimum absolute atomic E-state index is 0.0894. The third-order valence-electron chi connectivity index (χ3n) is 2.82. The maximum Gasteiger partial charge on any atom is 0.387 e. The Morgan fingerprint density at radius 1 is 1.36 bits per heavy atom. The second-order valence-corrected chi connectivity index (χ2v) is 4.39. The number of aryl methyl sites for hydroxylation is 1. The van der Waals surface area contributed by atoms with Crippen molar-refractivity contribution >= 4 is 11.9 Å². The summed E-state index contributed by atoms with van der Waals surface area (Å²) >= 11 is 0. The van der Waals surface area contributed by atoms with Crippen LogP contribution >= 0.6 is 0 Å². The summed E-state index contributed by atoms with van der Waals surface area (Å²) in [6.45, 7) is -2.95. The van der Waals surface area contributed by atoms with Gasteiger partial charge >= 0.3 is 6.61 Å². The van der Waals surface area contributed by atoms with E-state index < -0.39 is 6.61 Å². The molecule has 0 radical (unpaired) electrons. The van der Waals surface area contributed by atoms with Crippen LogP contribution in [-0.4, -0.2) is 29.3 Å². The summed E-state index contributed by atoms with van der Waals surface area (Å²) in [5.74, 6) is -0.134. The Kier molecular flexibility index (Phi) is 4.88. The Morgan fingerprint density at radius 2 is 2.14 bits per heavy atom. The Labute approximate surface area is 125 Å². The lowest BCUT2D eigenvalue weighted by Crippen LogP contribution is -2.03. The first-order valence-corrected chi connectivity index (χ1v) is 6.33. The number of hydrogen-bond donors (Lipinski definition) is 0. The molecule has 2 rings (SSSR count). The van der Waals surface area contributed by atoms with Crippen LogP contribution in [0, 0.1) is 0 Å². The molecule has 0 fully saturated rings. The highest BCUT2D eigenvalue weighted by atomic mass is 19.3. The van der Waals surface area contributed by atoms with Gasteiger partial charge in [0.05, 0.1) is 18.9 Å². The summed E-state index contributed by atoms with van der Waals surface area (Å²) in [4.78, 5) is 11.9. The maximum absolute atomic E-state index is 12.3. The number of hydrogen-bond acceptors (Lipinski definition) is 4. The van der Waals surface area contributed by atoms with Crippen LogP contribution in [0.1, 0.15) is 15.9 Å². The van der Waals surface area contributed by atoms with Crippen molar-refractivity contribution in [2.45, 2.75) is 6.61 Å². The highest BCUT2D eigenvalue weighted by Crippen LogP contribution is 2.29. The topological polar surface area (TPSA) is 53.3 Å². The summed E-state index contributed by atoms with van der Waals surface area (Å²) in [7, 11) is 3.06. The van der Waals surface area contributed by atoms with Crippen molar-refractivity contribution in [2.24, 2.45) is 7.05 Å². The van der Waals surface area contributed by atoms with E-state index in [0.717, 1.165) is 0 Å². The molecule has 2 aromatic rings. The van der Waals surface area contributed by atoms with Crippen LogP contribution in [-0.2, 0) is 7.05 Å². The van der Waals surface area contributed by atoms with Gasteiger partial charge in [0.1, 0.15) is 0 Å². The number of benzene rings is 1. The van der Waals surface area contributed by atoms with Crippen molar-refractivity contribution in [3.63, 3.8) is 0 Å². The number of aromatic nitrogens is 2. The van der Waals surface area contributed by atoms with Gasteiger partial charge in [0.2, 0.25) is 0 Å². The lowest BCUT2D eigenvalue weighted by Gasteiger charge is -2.10. The monoisotopic (exact) mass is 308 g/mol. The molecular weight excluding hydrogens is 294 g/mol. The fourth-order valence-corrected chi connectivity index (χ4v) is 1.80. The van der Waals surface area contributed by atoms with Crippen molar-refractivity contribution in [1.29, 1.82) is 0 Å². The summed E-state index contributed by atoms with van der Waals surface area (Å²) in [6, 6.07) is 4.49. The van der Waals surface area contributed by atoms with Crippen LogP contribution in [0.2, 0.25) is 0 Å². The smallest absolute Gasteiger partial charge is 0.387 e. The number of ether oxygens (including phenoxy) is 2. The highest BCUT2D eigenvalue weighted by Gasteiger charge is 2.11. The number of carbonyl (C=O) groups excluding carboxylic acids is 1. The lowest BCUT2D eigenvalue weighted by molar-refractivity contribution is -0.0512. The molecule has 116 valence electrons. The first-order valence-electron chi connectivity index (χ1n) is 6.33. The van der Waals surface area contributed by atoms with Gasteiger partial charge in [-0.1, -0.05) is 12.1 Å². The molecule has 0 aliphatic carbocycles. The zero-order valence-corrected chi connectivity index (χ0v) is 12.0. The third-order valence-corrected chi connectivity index (χ3v) is 2.82. The molecule has 0 saturated heterocycles. The molecule has 0 aliphatic rings. The molecule has 0 unspecified atom stereocenters. The van der Waals surface area contributed by atoms with E-state index in [2.05, 4.69) is 9.84 Å². The predicted octanol–water partition coefficient (Wildman–Crippen LogP) is 2.93. The number of ketones is 1.